The summed E-state index contributed by atoms with van der Waals surface area (Å²) in [6.07, 6.45) is 0.756. The van der Waals surface area contributed by atoms with Gasteiger partial charge in [-0.1, -0.05) is 42.5 Å². The summed E-state index contributed by atoms with van der Waals surface area (Å²) in [6, 6.07) is 20.2. The summed E-state index contributed by atoms with van der Waals surface area (Å²) < 4.78 is 5.74. The summed E-state index contributed by atoms with van der Waals surface area (Å²) >= 11 is 0. The Morgan fingerprint density at radius 3 is 2.48 bits per heavy atom. The van der Waals surface area contributed by atoms with Crippen LogP contribution in [0.2, 0.25) is 0 Å². The Bertz CT molecular complexity index is 1260. The SMILES string of the molecule is C[C@@H]1Cc2cc(C(O)=C3C(=O)C(=O)N(Cc4ccccc4)[C@@H]3c3ccc(O)cc3)ccc2O1. The van der Waals surface area contributed by atoms with E-state index in [-0.39, 0.29) is 29.7 Å². The topological polar surface area (TPSA) is 87.1 Å². The smallest absolute Gasteiger partial charge is 0.295 e. The number of aliphatic hydroxyl groups is 1. The fourth-order valence-corrected chi connectivity index (χ4v) is 4.55. The van der Waals surface area contributed by atoms with Crippen molar-refractivity contribution >= 4 is 17.4 Å². The maximum atomic E-state index is 13.2. The van der Waals surface area contributed by atoms with Crippen LogP contribution in [0.25, 0.3) is 5.76 Å². The van der Waals surface area contributed by atoms with Crippen LogP contribution in [0, 0.1) is 0 Å². The predicted molar refractivity (Wildman–Crippen MR) is 123 cm³/mol. The van der Waals surface area contributed by atoms with Crippen LogP contribution in [0.1, 0.15) is 35.2 Å². The number of aromatic hydroxyl groups is 1. The lowest BCUT2D eigenvalue weighted by atomic mass is 9.94. The minimum atomic E-state index is -0.783. The molecule has 2 N–H and O–H groups in total. The number of fused-ring (bicyclic) bond motifs is 1. The highest BCUT2D eigenvalue weighted by atomic mass is 16.5. The zero-order valence-corrected chi connectivity index (χ0v) is 18.1. The maximum Gasteiger partial charge on any atom is 0.295 e. The van der Waals surface area contributed by atoms with Crippen molar-refractivity contribution in [1.82, 2.24) is 4.90 Å². The number of likely N-dealkylation sites (tertiary alicyclic amines) is 1. The molecule has 1 saturated heterocycles. The van der Waals surface area contributed by atoms with E-state index in [9.17, 15) is 19.8 Å². The summed E-state index contributed by atoms with van der Waals surface area (Å²) in [5.74, 6) is -0.780. The van der Waals surface area contributed by atoms with Crippen molar-refractivity contribution in [2.75, 3.05) is 0 Å². The van der Waals surface area contributed by atoms with Gasteiger partial charge in [0.05, 0.1) is 11.6 Å². The number of phenolic OH excluding ortho intramolecular Hbond substituents is 1. The Labute approximate surface area is 191 Å². The Balaban J connectivity index is 1.62. The van der Waals surface area contributed by atoms with Crippen LogP contribution in [0.4, 0.5) is 0 Å². The van der Waals surface area contributed by atoms with Crippen LogP contribution < -0.4 is 4.74 Å². The molecule has 1 amide bonds. The Morgan fingerprint density at radius 1 is 1.03 bits per heavy atom. The second-order valence-electron chi connectivity index (χ2n) is 8.46. The number of hydrogen-bond donors (Lipinski definition) is 2. The van der Waals surface area contributed by atoms with Gasteiger partial charge in [-0.05, 0) is 53.9 Å². The van der Waals surface area contributed by atoms with Crippen LogP contribution >= 0.6 is 0 Å². The lowest BCUT2D eigenvalue weighted by Gasteiger charge is -2.25. The van der Waals surface area contributed by atoms with E-state index in [0.29, 0.717) is 17.5 Å². The summed E-state index contributed by atoms with van der Waals surface area (Å²) in [7, 11) is 0. The number of benzene rings is 3. The van der Waals surface area contributed by atoms with Crippen molar-refractivity contribution in [3.63, 3.8) is 0 Å². The van der Waals surface area contributed by atoms with E-state index in [1.165, 1.54) is 17.0 Å². The van der Waals surface area contributed by atoms with Crippen molar-refractivity contribution < 1.29 is 24.5 Å². The number of carbonyl (C=O) groups is 2. The third kappa shape index (κ3) is 3.74. The highest BCUT2D eigenvalue weighted by Crippen LogP contribution is 2.41. The third-order valence-electron chi connectivity index (χ3n) is 6.11. The van der Waals surface area contributed by atoms with Gasteiger partial charge in [-0.15, -0.1) is 0 Å². The van der Waals surface area contributed by atoms with Gasteiger partial charge in [0.25, 0.3) is 11.7 Å². The maximum absolute atomic E-state index is 13.2. The molecule has 6 heteroatoms. The van der Waals surface area contributed by atoms with Crippen molar-refractivity contribution in [3.8, 4) is 11.5 Å². The zero-order valence-electron chi connectivity index (χ0n) is 18.1. The van der Waals surface area contributed by atoms with Gasteiger partial charge in [0, 0.05) is 18.5 Å². The van der Waals surface area contributed by atoms with E-state index in [1.54, 1.807) is 24.3 Å². The molecule has 6 nitrogen and oxygen atoms in total. The molecule has 0 aromatic heterocycles. The van der Waals surface area contributed by atoms with Crippen molar-refractivity contribution in [3.05, 3.63) is 101 Å². The number of nitrogens with zero attached hydrogens (tertiary/aromatic N) is 1. The number of phenols is 1. The fraction of sp³-hybridized carbons (Fsp3) is 0.185. The summed E-state index contributed by atoms with van der Waals surface area (Å²) in [5, 5.41) is 21.0. The lowest BCUT2D eigenvalue weighted by molar-refractivity contribution is -0.140. The van der Waals surface area contributed by atoms with Gasteiger partial charge in [-0.2, -0.15) is 0 Å². The standard InChI is InChI=1S/C27H23NO5/c1-16-13-20-14-19(9-12-22(20)33-16)25(30)23-24(18-7-10-21(29)11-8-18)28(27(32)26(23)31)15-17-5-3-2-4-6-17/h2-12,14,16,24,29-30H,13,15H2,1H3/t16-,24-/m1/s1. The van der Waals surface area contributed by atoms with Crippen molar-refractivity contribution in [1.29, 1.82) is 0 Å². The molecule has 3 aromatic rings. The number of hydrogen-bond acceptors (Lipinski definition) is 5. The van der Waals surface area contributed by atoms with Gasteiger partial charge < -0.3 is 19.8 Å². The first-order valence-electron chi connectivity index (χ1n) is 10.8. The molecule has 166 valence electrons. The molecule has 0 radical (unpaired) electrons. The Kier molecular flexibility index (Phi) is 5.13. The quantitative estimate of drug-likeness (QED) is 0.357. The molecule has 5 rings (SSSR count). The van der Waals surface area contributed by atoms with Gasteiger partial charge in [0.1, 0.15) is 23.4 Å². The molecular formula is C27H23NO5. The number of rotatable bonds is 4. The molecule has 0 unspecified atom stereocenters. The molecule has 0 saturated carbocycles. The largest absolute Gasteiger partial charge is 0.508 e. The van der Waals surface area contributed by atoms with E-state index in [4.69, 9.17) is 4.74 Å². The molecular weight excluding hydrogens is 418 g/mol. The van der Waals surface area contributed by atoms with Gasteiger partial charge >= 0.3 is 0 Å². The second kappa shape index (κ2) is 8.13. The molecule has 2 atom stereocenters. The average Bonchev–Trinajstić information content (AvgIpc) is 3.31. The van der Waals surface area contributed by atoms with Crippen LogP contribution in [-0.2, 0) is 22.6 Å². The fourth-order valence-electron chi connectivity index (χ4n) is 4.55. The molecule has 0 aliphatic carbocycles. The highest BCUT2D eigenvalue weighted by Gasteiger charge is 2.46. The number of ketones is 1. The molecule has 33 heavy (non-hydrogen) atoms. The highest BCUT2D eigenvalue weighted by molar-refractivity contribution is 6.46. The molecule has 3 aromatic carbocycles. The molecule has 1 fully saturated rings. The minimum absolute atomic E-state index is 0.0357. The molecule has 0 bridgehead atoms. The Morgan fingerprint density at radius 2 is 1.76 bits per heavy atom. The second-order valence-corrected chi connectivity index (χ2v) is 8.46. The minimum Gasteiger partial charge on any atom is -0.508 e. The normalized spacial score (nSPS) is 21.2. The average molecular weight is 441 g/mol. The van der Waals surface area contributed by atoms with Gasteiger partial charge in [0.15, 0.2) is 0 Å². The lowest BCUT2D eigenvalue weighted by Crippen LogP contribution is -2.29. The first kappa shape index (κ1) is 20.8. The number of amides is 1. The van der Waals surface area contributed by atoms with E-state index in [0.717, 1.165) is 16.9 Å². The number of Topliss-reactive ketones (excluding diaryl/α,β-unsaturated/α-hetero) is 1. The van der Waals surface area contributed by atoms with E-state index < -0.39 is 17.7 Å². The molecule has 0 spiro atoms. The first-order chi connectivity index (χ1) is 15.9. The summed E-state index contributed by atoms with van der Waals surface area (Å²) in [6.45, 7) is 2.18. The monoisotopic (exact) mass is 441 g/mol. The van der Waals surface area contributed by atoms with Crippen molar-refractivity contribution in [2.45, 2.75) is 32.0 Å². The van der Waals surface area contributed by atoms with E-state index in [1.807, 2.05) is 43.3 Å². The molecule has 2 heterocycles. The van der Waals surface area contributed by atoms with Crippen LogP contribution in [0.5, 0.6) is 11.5 Å². The third-order valence-corrected chi connectivity index (χ3v) is 6.11. The molecule has 2 aliphatic rings. The van der Waals surface area contributed by atoms with Crippen LogP contribution in [-0.4, -0.2) is 32.9 Å². The van der Waals surface area contributed by atoms with Gasteiger partial charge in [0.2, 0.25) is 0 Å². The van der Waals surface area contributed by atoms with Gasteiger partial charge in [-0.25, -0.2) is 0 Å². The predicted octanol–water partition coefficient (Wildman–Crippen LogP) is 4.34. The van der Waals surface area contributed by atoms with E-state index in [2.05, 4.69) is 0 Å². The summed E-state index contributed by atoms with van der Waals surface area (Å²) in [4.78, 5) is 27.7. The summed E-state index contributed by atoms with van der Waals surface area (Å²) in [5.41, 5.74) is 2.95. The molecule has 2 aliphatic heterocycles. The number of aliphatic hydroxyl groups excluding tert-OH is 1. The Hall–Kier alpha value is -4.06. The van der Waals surface area contributed by atoms with Gasteiger partial charge in [-0.3, -0.25) is 9.59 Å². The first-order valence-corrected chi connectivity index (χ1v) is 10.8. The number of ether oxygens (including phenoxy) is 1. The van der Waals surface area contributed by atoms with Crippen LogP contribution in [0.3, 0.4) is 0 Å². The van der Waals surface area contributed by atoms with Crippen LogP contribution in [0.15, 0.2) is 78.4 Å². The number of carbonyl (C=O) groups excluding carboxylic acids is 2. The van der Waals surface area contributed by atoms with E-state index >= 15 is 0 Å². The van der Waals surface area contributed by atoms with Crippen molar-refractivity contribution in [2.24, 2.45) is 0 Å². The zero-order chi connectivity index (χ0) is 23.1.